The highest BCUT2D eigenvalue weighted by Crippen LogP contribution is 2.39. The number of carbonyl (C=O) groups is 1. The van der Waals surface area contributed by atoms with Crippen molar-refractivity contribution >= 4 is 23.1 Å². The summed E-state index contributed by atoms with van der Waals surface area (Å²) < 4.78 is 1.67. The van der Waals surface area contributed by atoms with E-state index in [-0.39, 0.29) is 30.0 Å². The summed E-state index contributed by atoms with van der Waals surface area (Å²) >= 11 is 0. The minimum Gasteiger partial charge on any atom is -0.481 e. The largest absolute Gasteiger partial charge is 0.481 e. The molecule has 1 fully saturated rings. The van der Waals surface area contributed by atoms with Gasteiger partial charge in [0, 0.05) is 12.3 Å². The van der Waals surface area contributed by atoms with Gasteiger partial charge in [0.2, 0.25) is 5.95 Å². The van der Waals surface area contributed by atoms with Crippen molar-refractivity contribution in [3.05, 3.63) is 28.8 Å². The molecule has 6 N–H and O–H groups in total. The second-order valence-corrected chi connectivity index (χ2v) is 8.93. The number of aliphatic hydroxyl groups is 2. The molecule has 0 aromatic carbocycles. The topological polar surface area (TPSA) is 167 Å². The van der Waals surface area contributed by atoms with Crippen LogP contribution in [0.2, 0.25) is 0 Å². The minimum absolute atomic E-state index is 0.00659. The van der Waals surface area contributed by atoms with Crippen molar-refractivity contribution in [2.75, 3.05) is 12.3 Å². The maximum atomic E-state index is 11.7. The van der Waals surface area contributed by atoms with E-state index in [0.29, 0.717) is 24.1 Å². The van der Waals surface area contributed by atoms with Gasteiger partial charge in [-0.05, 0) is 18.4 Å². The zero-order valence-electron chi connectivity index (χ0n) is 20.1. The van der Waals surface area contributed by atoms with Gasteiger partial charge in [0.15, 0.2) is 11.2 Å². The Hall–Kier alpha value is -2.72. The summed E-state index contributed by atoms with van der Waals surface area (Å²) in [7, 11) is 0. The fourth-order valence-corrected chi connectivity index (χ4v) is 4.33. The van der Waals surface area contributed by atoms with E-state index in [0.717, 1.165) is 12.8 Å². The van der Waals surface area contributed by atoms with E-state index in [2.05, 4.69) is 28.5 Å². The van der Waals surface area contributed by atoms with Crippen molar-refractivity contribution < 1.29 is 20.1 Å². The third-order valence-electron chi connectivity index (χ3n) is 6.31. The van der Waals surface area contributed by atoms with E-state index in [1.54, 1.807) is 4.57 Å². The number of aliphatic hydroxyl groups excluding tert-OH is 2. The van der Waals surface area contributed by atoms with E-state index in [1.165, 1.54) is 51.3 Å². The minimum atomic E-state index is -0.672. The van der Waals surface area contributed by atoms with Crippen LogP contribution in [0.25, 0.3) is 11.2 Å². The first-order valence-electron chi connectivity index (χ1n) is 12.2. The van der Waals surface area contributed by atoms with Crippen LogP contribution in [0.15, 0.2) is 23.3 Å². The fourth-order valence-electron chi connectivity index (χ4n) is 4.33. The number of hydrogen-bond acceptors (Lipinski definition) is 7. The Morgan fingerprint density at radius 3 is 2.38 bits per heavy atom. The van der Waals surface area contributed by atoms with Gasteiger partial charge >= 0.3 is 5.97 Å². The molecule has 1 aliphatic carbocycles. The molecule has 190 valence electrons. The van der Waals surface area contributed by atoms with E-state index in [9.17, 15) is 19.8 Å². The van der Waals surface area contributed by atoms with Crippen LogP contribution in [-0.2, 0) is 4.79 Å². The third-order valence-corrected chi connectivity index (χ3v) is 6.31. The molecule has 34 heavy (non-hydrogen) atoms. The Balaban J connectivity index is 0.000000259. The summed E-state index contributed by atoms with van der Waals surface area (Å²) in [5.41, 5.74) is 6.37. The number of carboxylic acid groups (broad SMARTS) is 1. The molecule has 2 aromatic rings. The average molecular weight is 478 g/mol. The van der Waals surface area contributed by atoms with Crippen molar-refractivity contribution in [1.29, 1.82) is 0 Å². The Bertz CT molecular complexity index is 986. The van der Waals surface area contributed by atoms with Gasteiger partial charge in [-0.1, -0.05) is 64.9 Å². The molecule has 0 radical (unpaired) electrons. The van der Waals surface area contributed by atoms with E-state index < -0.39 is 17.6 Å². The summed E-state index contributed by atoms with van der Waals surface area (Å²) in [5.74, 6) is -1.03. The number of nitrogens with two attached hydrogens (primary N) is 1. The molecule has 0 spiro atoms. The average Bonchev–Trinajstić information content (AvgIpc) is 3.32. The number of nitrogen functional groups attached to an aromatic ring is 1. The highest BCUT2D eigenvalue weighted by Gasteiger charge is 2.37. The third kappa shape index (κ3) is 7.66. The Labute approximate surface area is 199 Å². The lowest BCUT2D eigenvalue weighted by atomic mass is 10.0. The molecule has 2 heterocycles. The number of aliphatic carboxylic acids is 1. The van der Waals surface area contributed by atoms with Crippen molar-refractivity contribution in [3.8, 4) is 0 Å². The van der Waals surface area contributed by atoms with Crippen molar-refractivity contribution in [3.63, 3.8) is 0 Å². The molecule has 3 atom stereocenters. The van der Waals surface area contributed by atoms with Crippen molar-refractivity contribution in [2.24, 2.45) is 5.92 Å². The van der Waals surface area contributed by atoms with Crippen LogP contribution in [-0.4, -0.2) is 53.5 Å². The first-order valence-corrected chi connectivity index (χ1v) is 12.2. The van der Waals surface area contributed by atoms with Crippen LogP contribution in [0, 0.1) is 5.92 Å². The number of carboxylic acids is 1. The summed E-state index contributed by atoms with van der Waals surface area (Å²) in [6.07, 6.45) is 12.7. The molecule has 2 aromatic heterocycles. The van der Waals surface area contributed by atoms with Gasteiger partial charge in [0.25, 0.3) is 5.56 Å². The quantitative estimate of drug-likeness (QED) is 0.229. The molecule has 3 rings (SSSR count). The zero-order chi connectivity index (χ0) is 25.1. The predicted octanol–water partition coefficient (Wildman–Crippen LogP) is 3.16. The first-order chi connectivity index (χ1) is 16.3. The lowest BCUT2D eigenvalue weighted by Gasteiger charge is -2.15. The molecule has 0 saturated heterocycles. The molecule has 10 nitrogen and oxygen atoms in total. The molecular formula is C24H39N5O5. The molecular weight excluding hydrogens is 438 g/mol. The van der Waals surface area contributed by atoms with Crippen LogP contribution in [0.1, 0.15) is 83.6 Å². The lowest BCUT2D eigenvalue weighted by Crippen LogP contribution is -2.17. The highest BCUT2D eigenvalue weighted by atomic mass is 16.4. The second kappa shape index (κ2) is 13.9. The zero-order valence-corrected chi connectivity index (χ0v) is 20.1. The smallest absolute Gasteiger partial charge is 0.303 e. The molecule has 0 unspecified atom stereocenters. The van der Waals surface area contributed by atoms with Gasteiger partial charge in [-0.2, -0.15) is 4.98 Å². The summed E-state index contributed by atoms with van der Waals surface area (Å²) in [6.45, 7) is 5.99. The first kappa shape index (κ1) is 27.5. The normalized spacial score (nSPS) is 19.9. The number of nitrogens with zero attached hydrogens (tertiary/aromatic N) is 3. The number of unbranched alkanes of at least 4 members (excludes halogenated alkanes) is 8. The van der Waals surface area contributed by atoms with Gasteiger partial charge in [0.05, 0.1) is 25.1 Å². The number of nitrogens with one attached hydrogen (secondary N) is 1. The second-order valence-electron chi connectivity index (χ2n) is 8.93. The Morgan fingerprint density at radius 2 is 1.82 bits per heavy atom. The number of aromatic amines is 1. The number of H-pyrrole nitrogens is 1. The number of imidazole rings is 1. The lowest BCUT2D eigenvalue weighted by molar-refractivity contribution is -0.137. The Morgan fingerprint density at radius 1 is 1.21 bits per heavy atom. The number of hydrogen-bond donors (Lipinski definition) is 5. The van der Waals surface area contributed by atoms with Crippen LogP contribution in [0.5, 0.6) is 0 Å². The van der Waals surface area contributed by atoms with Gasteiger partial charge in [-0.3, -0.25) is 14.6 Å². The van der Waals surface area contributed by atoms with Gasteiger partial charge in [0.1, 0.15) is 0 Å². The van der Waals surface area contributed by atoms with E-state index >= 15 is 0 Å². The number of fused-ring (bicyclic) bond motifs is 1. The van der Waals surface area contributed by atoms with Crippen LogP contribution < -0.4 is 11.3 Å². The van der Waals surface area contributed by atoms with Crippen LogP contribution in [0.3, 0.4) is 0 Å². The standard InChI is InChI=1S/C12H15N5O3.C12H24O2/c1-5-6(3-18)8(19)2-7(5)17-4-14-9-10(17)15-12(13)16-11(9)20;1-2-3-4-5-6-7-8-9-10-11-12(13)14/h4,6-8,18-19H,1-3H2,(H3,13,15,16,20);2-11H2,1H3,(H,13,14)/t6-,7-,8-;/m0./s1. The Kier molecular flexibility index (Phi) is 11.2. The molecule has 0 aliphatic heterocycles. The van der Waals surface area contributed by atoms with Gasteiger partial charge < -0.3 is 25.6 Å². The summed E-state index contributed by atoms with van der Waals surface area (Å²) in [5, 5.41) is 27.6. The van der Waals surface area contributed by atoms with Gasteiger partial charge in [-0.15, -0.1) is 0 Å². The SMILES string of the molecule is C=C1[C@H](CO)[C@@H](O)C[C@@H]1n1cnc2c(=O)[nH]c(N)nc21.CCCCCCCCCCCC(=O)O. The van der Waals surface area contributed by atoms with Crippen molar-refractivity contribution in [2.45, 2.75) is 89.7 Å². The van der Waals surface area contributed by atoms with Crippen LogP contribution in [0.4, 0.5) is 5.95 Å². The molecule has 0 amide bonds. The highest BCUT2D eigenvalue weighted by molar-refractivity contribution is 5.71. The summed E-state index contributed by atoms with van der Waals surface area (Å²) in [6, 6.07) is -0.263. The van der Waals surface area contributed by atoms with E-state index in [1.807, 2.05) is 0 Å². The van der Waals surface area contributed by atoms with Crippen LogP contribution >= 0.6 is 0 Å². The van der Waals surface area contributed by atoms with Gasteiger partial charge in [-0.25, -0.2) is 4.98 Å². The molecule has 10 heteroatoms. The maximum Gasteiger partial charge on any atom is 0.303 e. The van der Waals surface area contributed by atoms with Crippen molar-refractivity contribution in [1.82, 2.24) is 19.5 Å². The number of anilines is 1. The number of aromatic nitrogens is 4. The number of rotatable bonds is 12. The monoisotopic (exact) mass is 477 g/mol. The fraction of sp³-hybridized carbons (Fsp3) is 0.667. The summed E-state index contributed by atoms with van der Waals surface area (Å²) in [4.78, 5) is 32.4. The van der Waals surface area contributed by atoms with E-state index in [4.69, 9.17) is 10.8 Å². The molecule has 1 aliphatic rings. The molecule has 0 bridgehead atoms. The molecule has 1 saturated carbocycles. The predicted molar refractivity (Wildman–Crippen MR) is 131 cm³/mol. The maximum absolute atomic E-state index is 11.7.